The number of imidazole rings is 1. The molecule has 96 valence electrons. The first kappa shape index (κ1) is 14.2. The van der Waals surface area contributed by atoms with Crippen LogP contribution >= 0.6 is 15.9 Å². The fourth-order valence-electron chi connectivity index (χ4n) is 1.79. The summed E-state index contributed by atoms with van der Waals surface area (Å²) in [7, 11) is 0. The summed E-state index contributed by atoms with van der Waals surface area (Å²) in [5.41, 5.74) is 0.560. The molecule has 0 radical (unpaired) electrons. The molecular weight excluding hydrogens is 286 g/mol. The highest BCUT2D eigenvalue weighted by atomic mass is 79.9. The minimum atomic E-state index is -0.341. The van der Waals surface area contributed by atoms with E-state index in [1.165, 1.54) is 0 Å². The largest absolute Gasteiger partial charge is 0.358 e. The first-order valence-corrected chi connectivity index (χ1v) is 6.59. The summed E-state index contributed by atoms with van der Waals surface area (Å²) < 4.78 is 1.67. The molecule has 1 atom stereocenters. The standard InChI is InChI=1S/C11H18BrN3O2/c1-6(2)9-11(15(16)17)14(8(5)12)10(13-9)7(3)4/h6-8H,1-5H3. The summed E-state index contributed by atoms with van der Waals surface area (Å²) in [5.74, 6) is 1.06. The molecule has 6 heteroatoms. The quantitative estimate of drug-likeness (QED) is 0.480. The van der Waals surface area contributed by atoms with Crippen molar-refractivity contribution in [3.05, 3.63) is 21.6 Å². The second kappa shape index (κ2) is 5.16. The van der Waals surface area contributed by atoms with Gasteiger partial charge in [-0.15, -0.1) is 0 Å². The molecule has 0 aliphatic heterocycles. The van der Waals surface area contributed by atoms with Gasteiger partial charge in [-0.2, -0.15) is 4.57 Å². The van der Waals surface area contributed by atoms with Crippen molar-refractivity contribution in [1.29, 1.82) is 0 Å². The van der Waals surface area contributed by atoms with E-state index in [0.717, 1.165) is 5.82 Å². The molecule has 1 unspecified atom stereocenters. The molecule has 0 saturated heterocycles. The number of rotatable bonds is 4. The van der Waals surface area contributed by atoms with Crippen molar-refractivity contribution < 1.29 is 4.92 Å². The first-order valence-electron chi connectivity index (χ1n) is 5.67. The van der Waals surface area contributed by atoms with Gasteiger partial charge in [0.1, 0.15) is 5.69 Å². The van der Waals surface area contributed by atoms with Crippen LogP contribution in [0.1, 0.15) is 62.9 Å². The predicted molar refractivity (Wildman–Crippen MR) is 70.7 cm³/mol. The highest BCUT2D eigenvalue weighted by Crippen LogP contribution is 2.34. The maximum Gasteiger partial charge on any atom is 0.347 e. The SMILES string of the molecule is CC(C)c1nc(C(C)C)n(C(C)Br)c1[N+](=O)[O-]. The van der Waals surface area contributed by atoms with Gasteiger partial charge in [-0.3, -0.25) is 0 Å². The molecular formula is C11H18BrN3O2. The van der Waals surface area contributed by atoms with Gasteiger partial charge in [0.2, 0.25) is 0 Å². The summed E-state index contributed by atoms with van der Waals surface area (Å²) in [6, 6.07) is 0. The molecule has 17 heavy (non-hydrogen) atoms. The Balaban J connectivity index is 3.55. The van der Waals surface area contributed by atoms with Crippen LogP contribution in [0.2, 0.25) is 0 Å². The van der Waals surface area contributed by atoms with Crippen LogP contribution in [0.4, 0.5) is 5.82 Å². The van der Waals surface area contributed by atoms with Crippen molar-refractivity contribution >= 4 is 21.7 Å². The van der Waals surface area contributed by atoms with Gasteiger partial charge in [0.25, 0.3) is 0 Å². The summed E-state index contributed by atoms with van der Waals surface area (Å²) in [4.78, 5) is 15.2. The van der Waals surface area contributed by atoms with Crippen LogP contribution in [-0.2, 0) is 0 Å². The van der Waals surface area contributed by atoms with E-state index in [2.05, 4.69) is 20.9 Å². The number of alkyl halides is 1. The van der Waals surface area contributed by atoms with Crippen molar-refractivity contribution in [1.82, 2.24) is 9.55 Å². The van der Waals surface area contributed by atoms with Crippen molar-refractivity contribution in [2.45, 2.75) is 51.4 Å². The Hall–Kier alpha value is -0.910. The minimum Gasteiger partial charge on any atom is -0.358 e. The molecule has 1 aromatic rings. The number of hydrogen-bond acceptors (Lipinski definition) is 3. The second-order valence-corrected chi connectivity index (χ2v) is 6.01. The van der Waals surface area contributed by atoms with E-state index in [0.29, 0.717) is 5.69 Å². The van der Waals surface area contributed by atoms with Gasteiger partial charge in [0, 0.05) is 11.8 Å². The lowest BCUT2D eigenvalue weighted by Crippen LogP contribution is -2.09. The van der Waals surface area contributed by atoms with E-state index in [9.17, 15) is 10.1 Å². The molecule has 0 amide bonds. The molecule has 0 aliphatic carbocycles. The van der Waals surface area contributed by atoms with Crippen molar-refractivity contribution in [3.8, 4) is 0 Å². The van der Waals surface area contributed by atoms with Gasteiger partial charge in [0.15, 0.2) is 10.8 Å². The Labute approximate surface area is 110 Å². The Kier molecular flexibility index (Phi) is 4.30. The lowest BCUT2D eigenvalue weighted by Gasteiger charge is -2.08. The highest BCUT2D eigenvalue weighted by Gasteiger charge is 2.32. The molecule has 1 rings (SSSR count). The molecule has 1 heterocycles. The van der Waals surface area contributed by atoms with Crippen LogP contribution in [0.25, 0.3) is 0 Å². The average molecular weight is 304 g/mol. The Morgan fingerprint density at radius 2 is 1.76 bits per heavy atom. The van der Waals surface area contributed by atoms with E-state index >= 15 is 0 Å². The van der Waals surface area contributed by atoms with E-state index in [4.69, 9.17) is 0 Å². The maximum absolute atomic E-state index is 11.2. The summed E-state index contributed by atoms with van der Waals surface area (Å²) in [6.07, 6.45) is 0. The molecule has 0 aliphatic rings. The smallest absolute Gasteiger partial charge is 0.347 e. The molecule has 0 spiro atoms. The van der Waals surface area contributed by atoms with Gasteiger partial charge in [0.05, 0.1) is 0 Å². The first-order chi connectivity index (χ1) is 7.77. The molecule has 0 saturated carbocycles. The van der Waals surface area contributed by atoms with Crippen LogP contribution < -0.4 is 0 Å². The topological polar surface area (TPSA) is 61.0 Å². The van der Waals surface area contributed by atoms with Gasteiger partial charge < -0.3 is 10.1 Å². The zero-order chi connectivity index (χ0) is 13.3. The molecule has 1 aromatic heterocycles. The van der Waals surface area contributed by atoms with Crippen LogP contribution in [0, 0.1) is 10.1 Å². The molecule has 0 aromatic carbocycles. The number of halogens is 1. The lowest BCUT2D eigenvalue weighted by atomic mass is 10.1. The number of hydrogen-bond donors (Lipinski definition) is 0. The van der Waals surface area contributed by atoms with Crippen LogP contribution in [-0.4, -0.2) is 14.5 Å². The average Bonchev–Trinajstić information content (AvgIpc) is 2.56. The summed E-state index contributed by atoms with van der Waals surface area (Å²) in [6.45, 7) is 9.68. The second-order valence-electron chi connectivity index (χ2n) is 4.69. The van der Waals surface area contributed by atoms with Crippen LogP contribution in [0.15, 0.2) is 0 Å². The molecule has 0 bridgehead atoms. The highest BCUT2D eigenvalue weighted by molar-refractivity contribution is 9.09. The van der Waals surface area contributed by atoms with Crippen molar-refractivity contribution in [3.63, 3.8) is 0 Å². The zero-order valence-corrected chi connectivity index (χ0v) is 12.4. The summed E-state index contributed by atoms with van der Waals surface area (Å²) in [5, 5.41) is 11.2. The minimum absolute atomic E-state index is 0.0420. The maximum atomic E-state index is 11.2. The van der Waals surface area contributed by atoms with Gasteiger partial charge in [-0.05, 0) is 27.8 Å². The third-order valence-corrected chi connectivity index (χ3v) is 2.94. The zero-order valence-electron chi connectivity index (χ0n) is 10.8. The fraction of sp³-hybridized carbons (Fsp3) is 0.727. The number of nitro groups is 1. The number of aromatic nitrogens is 2. The Bertz CT molecular complexity index is 425. The van der Waals surface area contributed by atoms with Gasteiger partial charge in [-0.1, -0.05) is 27.7 Å². The van der Waals surface area contributed by atoms with E-state index in [1.807, 2.05) is 34.6 Å². The summed E-state index contributed by atoms with van der Waals surface area (Å²) >= 11 is 3.40. The van der Waals surface area contributed by atoms with Crippen molar-refractivity contribution in [2.75, 3.05) is 0 Å². The molecule has 0 N–H and O–H groups in total. The van der Waals surface area contributed by atoms with Crippen molar-refractivity contribution in [2.24, 2.45) is 0 Å². The predicted octanol–water partition coefficient (Wildman–Crippen LogP) is 3.95. The van der Waals surface area contributed by atoms with E-state index in [1.54, 1.807) is 4.57 Å². The van der Waals surface area contributed by atoms with Gasteiger partial charge in [-0.25, -0.2) is 4.98 Å². The van der Waals surface area contributed by atoms with E-state index < -0.39 is 0 Å². The Morgan fingerprint density at radius 3 is 2.06 bits per heavy atom. The monoisotopic (exact) mass is 303 g/mol. The van der Waals surface area contributed by atoms with Crippen LogP contribution in [0.5, 0.6) is 0 Å². The number of nitrogens with zero attached hydrogens (tertiary/aromatic N) is 3. The fourth-order valence-corrected chi connectivity index (χ4v) is 2.19. The normalized spacial score (nSPS) is 13.4. The van der Waals surface area contributed by atoms with E-state index in [-0.39, 0.29) is 27.5 Å². The van der Waals surface area contributed by atoms with Gasteiger partial charge >= 0.3 is 5.82 Å². The molecule has 0 fully saturated rings. The third kappa shape index (κ3) is 2.68. The Morgan fingerprint density at radius 1 is 1.24 bits per heavy atom. The third-order valence-electron chi connectivity index (χ3n) is 2.53. The lowest BCUT2D eigenvalue weighted by molar-refractivity contribution is -0.393. The van der Waals surface area contributed by atoms with Crippen LogP contribution in [0.3, 0.4) is 0 Å². The molecule has 5 nitrogen and oxygen atoms in total.